The summed E-state index contributed by atoms with van der Waals surface area (Å²) >= 11 is 0. The number of ether oxygens (including phenoxy) is 4. The summed E-state index contributed by atoms with van der Waals surface area (Å²) in [6.07, 6.45) is 0. The van der Waals surface area contributed by atoms with Crippen LogP contribution in [0.5, 0.6) is 17.2 Å². The monoisotopic (exact) mass is 388 g/mol. The maximum atomic E-state index is 12.0. The molecule has 28 heavy (non-hydrogen) atoms. The second kappa shape index (κ2) is 9.81. The lowest BCUT2D eigenvalue weighted by molar-refractivity contribution is -0.149. The summed E-state index contributed by atoms with van der Waals surface area (Å²) in [4.78, 5) is 35.1. The predicted molar refractivity (Wildman–Crippen MR) is 99.6 cm³/mol. The number of para-hydroxylation sites is 1. The number of carbonyl (C=O) groups is 3. The average Bonchev–Trinajstić information content (AvgIpc) is 2.71. The van der Waals surface area contributed by atoms with Gasteiger partial charge in [-0.05, 0) is 24.3 Å². The number of nitrogens with two attached hydrogens (primary N) is 1. The van der Waals surface area contributed by atoms with Crippen LogP contribution in [-0.2, 0) is 14.3 Å². The minimum atomic E-state index is -0.781. The van der Waals surface area contributed by atoms with Gasteiger partial charge in [0.1, 0.15) is 17.2 Å². The lowest BCUT2D eigenvalue weighted by atomic mass is 10.2. The Morgan fingerprint density at radius 2 is 1.71 bits per heavy atom. The number of primary amides is 1. The zero-order valence-electron chi connectivity index (χ0n) is 15.4. The number of carbonyl (C=O) groups excluding carboxylic acids is 3. The van der Waals surface area contributed by atoms with Gasteiger partial charge in [-0.1, -0.05) is 12.1 Å². The zero-order chi connectivity index (χ0) is 20.5. The van der Waals surface area contributed by atoms with Crippen molar-refractivity contribution in [2.24, 2.45) is 5.73 Å². The van der Waals surface area contributed by atoms with Crippen LogP contribution in [0.4, 0.5) is 5.69 Å². The van der Waals surface area contributed by atoms with Crippen molar-refractivity contribution in [3.8, 4) is 17.2 Å². The first-order valence-corrected chi connectivity index (χ1v) is 8.13. The van der Waals surface area contributed by atoms with Crippen molar-refractivity contribution in [3.05, 3.63) is 48.0 Å². The van der Waals surface area contributed by atoms with Crippen LogP contribution >= 0.6 is 0 Å². The molecule has 3 N–H and O–H groups in total. The van der Waals surface area contributed by atoms with Crippen molar-refractivity contribution in [2.75, 3.05) is 32.8 Å². The van der Waals surface area contributed by atoms with Crippen molar-refractivity contribution in [1.82, 2.24) is 0 Å². The summed E-state index contributed by atoms with van der Waals surface area (Å²) in [5.74, 6) is -0.915. The Balaban J connectivity index is 1.85. The van der Waals surface area contributed by atoms with Crippen molar-refractivity contribution in [2.45, 2.75) is 0 Å². The van der Waals surface area contributed by atoms with Crippen molar-refractivity contribution in [3.63, 3.8) is 0 Å². The number of methoxy groups -OCH3 is 2. The first-order chi connectivity index (χ1) is 13.4. The maximum Gasteiger partial charge on any atom is 0.344 e. The van der Waals surface area contributed by atoms with E-state index in [9.17, 15) is 14.4 Å². The Hall–Kier alpha value is -3.75. The van der Waals surface area contributed by atoms with Crippen LogP contribution in [0, 0.1) is 0 Å². The van der Waals surface area contributed by atoms with Crippen LogP contribution in [0.25, 0.3) is 0 Å². The molecule has 2 aromatic rings. The molecule has 0 spiro atoms. The number of amides is 2. The third-order valence-electron chi connectivity index (χ3n) is 3.55. The quantitative estimate of drug-likeness (QED) is 0.621. The Morgan fingerprint density at radius 3 is 2.39 bits per heavy atom. The molecule has 0 atom stereocenters. The summed E-state index contributed by atoms with van der Waals surface area (Å²) in [5.41, 5.74) is 5.77. The van der Waals surface area contributed by atoms with Gasteiger partial charge >= 0.3 is 5.97 Å². The topological polar surface area (TPSA) is 126 Å². The second-order valence-electron chi connectivity index (χ2n) is 5.42. The molecule has 0 radical (unpaired) electrons. The summed E-state index contributed by atoms with van der Waals surface area (Å²) in [5, 5.41) is 2.57. The van der Waals surface area contributed by atoms with Gasteiger partial charge in [-0.15, -0.1) is 0 Å². The van der Waals surface area contributed by atoms with E-state index in [2.05, 4.69) is 5.32 Å². The standard InChI is InChI=1S/C19H20N2O7/c1-25-12-7-8-14(16(9-12)26-2)21-17(22)10-28-18(23)11-27-15-6-4-3-5-13(15)19(20)24/h3-9H,10-11H2,1-2H3,(H2,20,24)(H,21,22). The van der Waals surface area contributed by atoms with E-state index >= 15 is 0 Å². The van der Waals surface area contributed by atoms with Gasteiger partial charge in [-0.3, -0.25) is 9.59 Å². The normalized spacial score (nSPS) is 9.93. The van der Waals surface area contributed by atoms with E-state index in [0.29, 0.717) is 17.2 Å². The van der Waals surface area contributed by atoms with Gasteiger partial charge in [0.2, 0.25) is 0 Å². The molecule has 0 aromatic heterocycles. The molecule has 0 fully saturated rings. The van der Waals surface area contributed by atoms with Crippen LogP contribution in [0.3, 0.4) is 0 Å². The molecule has 2 amide bonds. The highest BCUT2D eigenvalue weighted by molar-refractivity contribution is 5.96. The number of nitrogens with one attached hydrogen (secondary N) is 1. The van der Waals surface area contributed by atoms with Gasteiger partial charge in [0.15, 0.2) is 13.2 Å². The van der Waals surface area contributed by atoms with Gasteiger partial charge in [0, 0.05) is 6.07 Å². The molecule has 2 rings (SSSR count). The van der Waals surface area contributed by atoms with Gasteiger partial charge in [-0.2, -0.15) is 0 Å². The number of benzene rings is 2. The van der Waals surface area contributed by atoms with E-state index in [4.69, 9.17) is 24.7 Å². The molecule has 0 heterocycles. The Kier molecular flexibility index (Phi) is 7.21. The molecule has 0 unspecified atom stereocenters. The highest BCUT2D eigenvalue weighted by atomic mass is 16.6. The summed E-state index contributed by atoms with van der Waals surface area (Å²) in [7, 11) is 2.96. The Bertz CT molecular complexity index is 867. The van der Waals surface area contributed by atoms with E-state index < -0.39 is 31.0 Å². The number of esters is 1. The fraction of sp³-hybridized carbons (Fsp3) is 0.211. The van der Waals surface area contributed by atoms with E-state index in [1.807, 2.05) is 0 Å². The minimum Gasteiger partial charge on any atom is -0.497 e. The molecule has 0 saturated heterocycles. The fourth-order valence-electron chi connectivity index (χ4n) is 2.21. The third-order valence-corrected chi connectivity index (χ3v) is 3.55. The minimum absolute atomic E-state index is 0.139. The fourth-order valence-corrected chi connectivity index (χ4v) is 2.21. The highest BCUT2D eigenvalue weighted by Crippen LogP contribution is 2.28. The average molecular weight is 388 g/mol. The first-order valence-electron chi connectivity index (χ1n) is 8.13. The number of hydrogen-bond donors (Lipinski definition) is 2. The third kappa shape index (κ3) is 5.63. The highest BCUT2D eigenvalue weighted by Gasteiger charge is 2.14. The van der Waals surface area contributed by atoms with Gasteiger partial charge in [0.05, 0.1) is 25.5 Å². The molecule has 0 bridgehead atoms. The van der Waals surface area contributed by atoms with Crippen molar-refractivity contribution >= 4 is 23.5 Å². The molecule has 0 saturated carbocycles. The van der Waals surface area contributed by atoms with Crippen molar-refractivity contribution < 1.29 is 33.3 Å². The van der Waals surface area contributed by atoms with E-state index in [1.165, 1.54) is 26.4 Å². The molecule has 0 aliphatic heterocycles. The van der Waals surface area contributed by atoms with Crippen LogP contribution < -0.4 is 25.3 Å². The largest absolute Gasteiger partial charge is 0.497 e. The lowest BCUT2D eigenvalue weighted by Gasteiger charge is -2.12. The Morgan fingerprint density at radius 1 is 0.964 bits per heavy atom. The van der Waals surface area contributed by atoms with Crippen molar-refractivity contribution in [1.29, 1.82) is 0 Å². The SMILES string of the molecule is COc1ccc(NC(=O)COC(=O)COc2ccccc2C(N)=O)c(OC)c1. The van der Waals surface area contributed by atoms with E-state index in [0.717, 1.165) is 0 Å². The van der Waals surface area contributed by atoms with Gasteiger partial charge in [0.25, 0.3) is 11.8 Å². The first kappa shape index (κ1) is 20.6. The lowest BCUT2D eigenvalue weighted by Crippen LogP contribution is -2.24. The van der Waals surface area contributed by atoms with Gasteiger partial charge in [-0.25, -0.2) is 4.79 Å². The summed E-state index contributed by atoms with van der Waals surface area (Å²) in [6, 6.07) is 11.1. The molecule has 9 heteroatoms. The number of hydrogen-bond acceptors (Lipinski definition) is 7. The number of anilines is 1. The van der Waals surface area contributed by atoms with Crippen LogP contribution in [0.15, 0.2) is 42.5 Å². The zero-order valence-corrected chi connectivity index (χ0v) is 15.4. The predicted octanol–water partition coefficient (Wildman–Crippen LogP) is 1.36. The van der Waals surface area contributed by atoms with E-state index in [1.54, 1.807) is 30.3 Å². The second-order valence-corrected chi connectivity index (χ2v) is 5.42. The molecular weight excluding hydrogens is 368 g/mol. The molecule has 9 nitrogen and oxygen atoms in total. The van der Waals surface area contributed by atoms with Gasteiger partial charge < -0.3 is 30.0 Å². The Labute approximate surface area is 161 Å². The maximum absolute atomic E-state index is 12.0. The van der Waals surface area contributed by atoms with Crippen LogP contribution in [0.2, 0.25) is 0 Å². The summed E-state index contributed by atoms with van der Waals surface area (Å²) < 4.78 is 20.3. The van der Waals surface area contributed by atoms with Crippen LogP contribution in [-0.4, -0.2) is 45.2 Å². The smallest absolute Gasteiger partial charge is 0.344 e. The molecule has 148 valence electrons. The molecule has 0 aliphatic carbocycles. The van der Waals surface area contributed by atoms with E-state index in [-0.39, 0.29) is 11.3 Å². The number of rotatable bonds is 9. The summed E-state index contributed by atoms with van der Waals surface area (Å²) in [6.45, 7) is -1.00. The molecule has 0 aliphatic rings. The van der Waals surface area contributed by atoms with Crippen LogP contribution in [0.1, 0.15) is 10.4 Å². The molecular formula is C19H20N2O7. The molecule has 2 aromatic carbocycles.